The lowest BCUT2D eigenvalue weighted by Crippen LogP contribution is -2.74. The van der Waals surface area contributed by atoms with E-state index in [-0.39, 0.29) is 0 Å². The predicted molar refractivity (Wildman–Crippen MR) is 41.4 cm³/mol. The highest BCUT2D eigenvalue weighted by Crippen LogP contribution is 2.55. The van der Waals surface area contributed by atoms with Crippen molar-refractivity contribution in [2.24, 2.45) is 0 Å². The fraction of sp³-hybridized carbons (Fsp3) is 0.857. The summed E-state index contributed by atoms with van der Waals surface area (Å²) >= 11 is 0. The van der Waals surface area contributed by atoms with Crippen LogP contribution < -0.4 is 0 Å². The molecule has 0 aliphatic heterocycles. The molecule has 0 radical (unpaired) electrons. The third-order valence-electron chi connectivity index (χ3n) is 2.17. The van der Waals surface area contributed by atoms with Gasteiger partial charge in [-0.25, -0.2) is 4.79 Å². The minimum atomic E-state index is -7.91. The van der Waals surface area contributed by atoms with Crippen molar-refractivity contribution in [1.29, 1.82) is 0 Å². The van der Waals surface area contributed by atoms with Crippen molar-refractivity contribution in [3.63, 3.8) is 0 Å². The van der Waals surface area contributed by atoms with Crippen LogP contribution in [0, 0.1) is 0 Å². The Kier molecular flexibility index (Phi) is 5.13. The molecule has 0 aromatic rings. The molecule has 0 saturated carbocycles. The first-order chi connectivity index (χ1) is 10.1. The quantitative estimate of drug-likeness (QED) is 0.565. The normalized spacial score (nSPS) is 15.8. The molecule has 0 rings (SSSR count). The van der Waals surface area contributed by atoms with E-state index in [1.165, 1.54) is 0 Å². The lowest BCUT2D eigenvalue weighted by atomic mass is 10.2. The van der Waals surface area contributed by atoms with E-state index in [0.29, 0.717) is 0 Å². The second-order valence-corrected chi connectivity index (χ2v) is 3.83. The molecule has 0 fully saturated rings. The van der Waals surface area contributed by atoms with Gasteiger partial charge in [0, 0.05) is 0 Å². The van der Waals surface area contributed by atoms with Crippen LogP contribution in [-0.4, -0.2) is 52.4 Å². The average Bonchev–Trinajstić information content (AvgIpc) is 2.23. The molecule has 0 unspecified atom stereocenters. The van der Waals surface area contributed by atoms with Crippen molar-refractivity contribution in [3.8, 4) is 0 Å². The molecular formula is C7HF14NO2. The molecule has 17 heteroatoms. The first-order valence-electron chi connectivity index (χ1n) is 4.74. The van der Waals surface area contributed by atoms with Gasteiger partial charge in [0.05, 0.1) is 0 Å². The lowest BCUT2D eigenvalue weighted by molar-refractivity contribution is -0.493. The lowest BCUT2D eigenvalue weighted by Gasteiger charge is -2.43. The number of hydrogen-bond acceptors (Lipinski definition) is 2. The van der Waals surface area contributed by atoms with Crippen LogP contribution in [0.4, 0.5) is 61.5 Å². The van der Waals surface area contributed by atoms with E-state index >= 15 is 0 Å². The Morgan fingerprint density at radius 2 is 0.833 bits per heavy atom. The van der Waals surface area contributed by atoms with Crippen molar-refractivity contribution in [2.75, 3.05) is 0 Å². The SMILES string of the molecule is O=C(O)C(F)(F)C(F)(F)N(C(F)(F)C(F)(F)F)C(F)(F)C(F)(F)F. The summed E-state index contributed by atoms with van der Waals surface area (Å²) in [7, 11) is 0. The Balaban J connectivity index is 6.78. The zero-order chi connectivity index (χ0) is 20.2. The number of halogens is 14. The third-order valence-corrected chi connectivity index (χ3v) is 2.17. The summed E-state index contributed by atoms with van der Waals surface area (Å²) in [6.07, 6.45) is -15.3. The number of carboxylic acids is 1. The zero-order valence-corrected chi connectivity index (χ0v) is 10.1. The summed E-state index contributed by atoms with van der Waals surface area (Å²) in [6, 6.07) is -23.6. The number of alkyl halides is 14. The molecule has 0 saturated heterocycles. The molecule has 0 atom stereocenters. The van der Waals surface area contributed by atoms with Crippen LogP contribution in [0.1, 0.15) is 0 Å². The highest BCUT2D eigenvalue weighted by molar-refractivity contribution is 5.76. The number of hydrogen-bond donors (Lipinski definition) is 1. The molecule has 0 amide bonds. The number of nitrogens with zero attached hydrogens (tertiary/aromatic N) is 1. The molecule has 0 aromatic carbocycles. The maximum absolute atomic E-state index is 13.0. The van der Waals surface area contributed by atoms with E-state index in [9.17, 15) is 66.3 Å². The van der Waals surface area contributed by atoms with E-state index in [0.717, 1.165) is 0 Å². The molecule has 3 nitrogen and oxygen atoms in total. The van der Waals surface area contributed by atoms with Gasteiger partial charge in [-0.1, -0.05) is 4.90 Å². The molecule has 0 spiro atoms. The van der Waals surface area contributed by atoms with Crippen LogP contribution in [0.5, 0.6) is 0 Å². The monoisotopic (exact) mass is 397 g/mol. The summed E-state index contributed by atoms with van der Waals surface area (Å²) in [6.45, 7) is 0. The van der Waals surface area contributed by atoms with Gasteiger partial charge < -0.3 is 5.11 Å². The fourth-order valence-electron chi connectivity index (χ4n) is 1.05. The zero-order valence-electron chi connectivity index (χ0n) is 10.1. The summed E-state index contributed by atoms with van der Waals surface area (Å²) in [5.74, 6) is -11.4. The van der Waals surface area contributed by atoms with Crippen molar-refractivity contribution < 1.29 is 71.4 Å². The third kappa shape index (κ3) is 3.16. The summed E-state index contributed by atoms with van der Waals surface area (Å²) < 4.78 is 174. The maximum Gasteiger partial charge on any atom is 0.469 e. The molecule has 0 aliphatic rings. The number of aliphatic carboxylic acids is 1. The largest absolute Gasteiger partial charge is 0.477 e. The average molecular weight is 397 g/mol. The van der Waals surface area contributed by atoms with E-state index in [2.05, 4.69) is 0 Å². The van der Waals surface area contributed by atoms with Crippen LogP contribution in [0.25, 0.3) is 0 Å². The Bertz CT molecular complexity index is 464. The van der Waals surface area contributed by atoms with Crippen molar-refractivity contribution in [3.05, 3.63) is 0 Å². The summed E-state index contributed by atoms with van der Waals surface area (Å²) in [4.78, 5) is 5.29. The second-order valence-electron chi connectivity index (χ2n) is 3.83. The van der Waals surface area contributed by atoms with Crippen molar-refractivity contribution in [2.45, 2.75) is 36.4 Å². The Morgan fingerprint density at radius 3 is 1.00 bits per heavy atom. The minimum absolute atomic E-state index is 4.24. The van der Waals surface area contributed by atoms with Gasteiger partial charge in [0.15, 0.2) is 0 Å². The molecule has 0 heterocycles. The molecule has 1 N–H and O–H groups in total. The molecule has 144 valence electrons. The smallest absolute Gasteiger partial charge is 0.469 e. The Labute approximate surface area is 120 Å². The minimum Gasteiger partial charge on any atom is -0.477 e. The fourth-order valence-corrected chi connectivity index (χ4v) is 1.05. The number of carboxylic acid groups (broad SMARTS) is 1. The maximum atomic E-state index is 13.0. The second kappa shape index (κ2) is 5.48. The van der Waals surface area contributed by atoms with Gasteiger partial charge in [0.2, 0.25) is 0 Å². The van der Waals surface area contributed by atoms with Gasteiger partial charge in [-0.2, -0.15) is 61.5 Å². The summed E-state index contributed by atoms with van der Waals surface area (Å²) in [5, 5.41) is 7.65. The molecule has 24 heavy (non-hydrogen) atoms. The predicted octanol–water partition coefficient (Wildman–Crippen LogP) is 3.91. The van der Waals surface area contributed by atoms with Crippen LogP contribution in [0.2, 0.25) is 0 Å². The van der Waals surface area contributed by atoms with Gasteiger partial charge in [0.1, 0.15) is 0 Å². The van der Waals surface area contributed by atoms with Gasteiger partial charge in [0.25, 0.3) is 0 Å². The topological polar surface area (TPSA) is 40.5 Å². The van der Waals surface area contributed by atoms with Crippen LogP contribution in [0.3, 0.4) is 0 Å². The summed E-state index contributed by atoms with van der Waals surface area (Å²) in [5.41, 5.74) is 0. The first kappa shape index (κ1) is 22.4. The highest BCUT2D eigenvalue weighted by Gasteiger charge is 2.85. The van der Waals surface area contributed by atoms with Gasteiger partial charge in [-0.05, 0) is 0 Å². The van der Waals surface area contributed by atoms with E-state index < -0.39 is 47.3 Å². The Morgan fingerprint density at radius 1 is 0.583 bits per heavy atom. The molecular weight excluding hydrogens is 396 g/mol. The van der Waals surface area contributed by atoms with E-state index in [4.69, 9.17) is 5.11 Å². The Hall–Kier alpha value is -1.55. The van der Waals surface area contributed by atoms with Gasteiger partial charge in [-0.15, -0.1) is 0 Å². The number of carbonyl (C=O) groups is 1. The molecule has 0 bridgehead atoms. The van der Waals surface area contributed by atoms with E-state index in [1.807, 2.05) is 0 Å². The molecule has 0 aliphatic carbocycles. The first-order valence-corrected chi connectivity index (χ1v) is 4.74. The number of rotatable bonds is 5. The van der Waals surface area contributed by atoms with E-state index in [1.54, 1.807) is 0 Å². The van der Waals surface area contributed by atoms with Crippen LogP contribution in [-0.2, 0) is 4.79 Å². The molecule has 0 aromatic heterocycles. The van der Waals surface area contributed by atoms with Crippen molar-refractivity contribution >= 4 is 5.97 Å². The van der Waals surface area contributed by atoms with Crippen LogP contribution >= 0.6 is 0 Å². The van der Waals surface area contributed by atoms with Gasteiger partial charge >= 0.3 is 42.4 Å². The standard InChI is InChI=1S/C7HF14NO2/c8-2(9,1(23)24)5(16,17)22(6(18,19)3(10,11)12)7(20,21)4(13,14)15/h(H,23,24). The van der Waals surface area contributed by atoms with Gasteiger partial charge in [-0.3, -0.25) is 0 Å². The van der Waals surface area contributed by atoms with Crippen LogP contribution in [0.15, 0.2) is 0 Å². The highest BCUT2D eigenvalue weighted by atomic mass is 19.4. The van der Waals surface area contributed by atoms with Crippen molar-refractivity contribution in [1.82, 2.24) is 4.90 Å².